The summed E-state index contributed by atoms with van der Waals surface area (Å²) in [7, 11) is 1.60. The lowest BCUT2D eigenvalue weighted by molar-refractivity contribution is -0.274. The summed E-state index contributed by atoms with van der Waals surface area (Å²) in [6.07, 6.45) is 5.34. The first-order valence-corrected chi connectivity index (χ1v) is 11.9. The fourth-order valence-corrected chi connectivity index (χ4v) is 6.23. The molecule has 1 aromatic heterocycles. The minimum Gasteiger partial charge on any atom is -0.495 e. The maximum absolute atomic E-state index is 13.1. The number of morpholine rings is 1. The smallest absolute Gasteiger partial charge is 0.255 e. The van der Waals surface area contributed by atoms with Crippen molar-refractivity contribution in [1.29, 1.82) is 0 Å². The summed E-state index contributed by atoms with van der Waals surface area (Å²) in [5, 5.41) is 3.97. The molecule has 1 N–H and O–H groups in total. The number of carbonyl (C=O) groups is 1. The number of amides is 1. The first-order valence-electron chi connectivity index (χ1n) is 11.9. The molecule has 1 unspecified atom stereocenters. The molecular formula is C27H29N3O3. The van der Waals surface area contributed by atoms with E-state index in [2.05, 4.69) is 28.2 Å². The summed E-state index contributed by atoms with van der Waals surface area (Å²) in [5.41, 5.74) is 3.22. The topological polar surface area (TPSA) is 63.7 Å². The predicted molar refractivity (Wildman–Crippen MR) is 128 cm³/mol. The van der Waals surface area contributed by atoms with Crippen LogP contribution in [0.2, 0.25) is 0 Å². The largest absolute Gasteiger partial charge is 0.495 e. The highest BCUT2D eigenvalue weighted by Crippen LogP contribution is 2.54. The van der Waals surface area contributed by atoms with Gasteiger partial charge in [-0.05, 0) is 73.7 Å². The van der Waals surface area contributed by atoms with Crippen LogP contribution in [0.5, 0.6) is 5.75 Å². The van der Waals surface area contributed by atoms with Gasteiger partial charge in [-0.2, -0.15) is 0 Å². The quantitative estimate of drug-likeness (QED) is 0.613. The van der Waals surface area contributed by atoms with E-state index in [1.54, 1.807) is 7.11 Å². The number of fused-ring (bicyclic) bond motifs is 3. The number of hydrogen-bond acceptors (Lipinski definition) is 5. The number of carbonyl (C=O) groups excluding carboxylic acids is 1. The van der Waals surface area contributed by atoms with E-state index in [4.69, 9.17) is 9.47 Å². The number of rotatable bonds is 5. The third-order valence-electron chi connectivity index (χ3n) is 7.98. The lowest BCUT2D eigenvalue weighted by atomic mass is 9.66. The standard InChI is InChI=1S/C27H29N3O3/c1-3-27-16-30-13-11-18(27)15-23(30)25(33-27)19-10-12-28-21-9-8-17(14-20(19)21)26(31)29-22-6-4-5-7-24(22)32-2/h4-10,12,14,18,23,25H,3,11,13,15-16H2,1-2H3,(H,29,31)/t18-,23+,25-,27-/m0/s1. The second kappa shape index (κ2) is 7.82. The Balaban J connectivity index is 1.36. The average Bonchev–Trinajstić information content (AvgIpc) is 2.88. The Morgan fingerprint density at radius 1 is 1.27 bits per heavy atom. The number of nitrogens with one attached hydrogen (secondary N) is 1. The van der Waals surface area contributed by atoms with Gasteiger partial charge in [0.15, 0.2) is 0 Å². The van der Waals surface area contributed by atoms with Gasteiger partial charge in [-0.3, -0.25) is 14.7 Å². The van der Waals surface area contributed by atoms with E-state index < -0.39 is 0 Å². The summed E-state index contributed by atoms with van der Waals surface area (Å²) in [4.78, 5) is 20.3. The molecule has 4 bridgehead atoms. The fraction of sp³-hybridized carbons (Fsp3) is 0.407. The van der Waals surface area contributed by atoms with Crippen molar-refractivity contribution >= 4 is 22.5 Å². The highest BCUT2D eigenvalue weighted by Gasteiger charge is 2.58. The first kappa shape index (κ1) is 20.6. The van der Waals surface area contributed by atoms with Crippen molar-refractivity contribution in [2.24, 2.45) is 5.92 Å². The number of pyridine rings is 1. The van der Waals surface area contributed by atoms with Crippen LogP contribution in [0.3, 0.4) is 0 Å². The zero-order valence-electron chi connectivity index (χ0n) is 19.1. The second-order valence-electron chi connectivity index (χ2n) is 9.50. The van der Waals surface area contributed by atoms with Gasteiger partial charge < -0.3 is 14.8 Å². The molecule has 5 fully saturated rings. The molecule has 3 aromatic rings. The van der Waals surface area contributed by atoms with Crippen LogP contribution in [0.1, 0.15) is 48.2 Å². The summed E-state index contributed by atoms with van der Waals surface area (Å²) in [6.45, 7) is 4.46. The number of nitrogens with zero attached hydrogens (tertiary/aromatic N) is 2. The van der Waals surface area contributed by atoms with Gasteiger partial charge in [-0.15, -0.1) is 0 Å². The molecule has 0 spiro atoms. The molecule has 170 valence electrons. The SMILES string of the molecule is CC[C@]12CN3CC[C@H]1C[C@@H]3[C@H](c1ccnc3ccc(C(=O)Nc4ccccc4OC)cc13)O2. The van der Waals surface area contributed by atoms with Gasteiger partial charge in [0.25, 0.3) is 5.91 Å². The molecule has 5 atom stereocenters. The molecule has 6 nitrogen and oxygen atoms in total. The number of anilines is 1. The number of ether oxygens (including phenoxy) is 2. The highest BCUT2D eigenvalue weighted by atomic mass is 16.5. The van der Waals surface area contributed by atoms with Gasteiger partial charge in [0.05, 0.1) is 30.0 Å². The summed E-state index contributed by atoms with van der Waals surface area (Å²) >= 11 is 0. The molecule has 6 heteroatoms. The summed E-state index contributed by atoms with van der Waals surface area (Å²) in [5.74, 6) is 1.12. The van der Waals surface area contributed by atoms with Crippen molar-refractivity contribution < 1.29 is 14.3 Å². The lowest BCUT2D eigenvalue weighted by Gasteiger charge is -2.64. The van der Waals surface area contributed by atoms with Crippen LogP contribution < -0.4 is 10.1 Å². The Labute approximate surface area is 193 Å². The predicted octanol–water partition coefficient (Wildman–Crippen LogP) is 4.81. The molecule has 5 saturated heterocycles. The van der Waals surface area contributed by atoms with Gasteiger partial charge in [0, 0.05) is 29.7 Å². The monoisotopic (exact) mass is 443 g/mol. The van der Waals surface area contributed by atoms with Crippen molar-refractivity contribution in [2.75, 3.05) is 25.5 Å². The Hall–Kier alpha value is -2.96. The van der Waals surface area contributed by atoms with E-state index in [0.29, 0.717) is 29.0 Å². The Kier molecular flexibility index (Phi) is 4.89. The number of aromatic nitrogens is 1. The number of benzene rings is 2. The average molecular weight is 444 g/mol. The normalized spacial score (nSPS) is 29.9. The van der Waals surface area contributed by atoms with Gasteiger partial charge in [0.1, 0.15) is 5.75 Å². The Morgan fingerprint density at radius 2 is 2.15 bits per heavy atom. The van der Waals surface area contributed by atoms with E-state index in [1.165, 1.54) is 12.8 Å². The number of hydrogen-bond donors (Lipinski definition) is 1. The maximum Gasteiger partial charge on any atom is 0.255 e. The van der Waals surface area contributed by atoms with E-state index in [9.17, 15) is 4.79 Å². The minimum absolute atomic E-state index is 0.00767. The van der Waals surface area contributed by atoms with Crippen molar-refractivity contribution in [3.8, 4) is 5.75 Å². The van der Waals surface area contributed by atoms with Crippen LogP contribution in [-0.4, -0.2) is 47.6 Å². The third kappa shape index (κ3) is 3.23. The van der Waals surface area contributed by atoms with E-state index in [1.807, 2.05) is 48.7 Å². The van der Waals surface area contributed by atoms with Gasteiger partial charge in [0.2, 0.25) is 0 Å². The molecule has 5 aliphatic heterocycles. The maximum atomic E-state index is 13.1. The van der Waals surface area contributed by atoms with Crippen molar-refractivity contribution in [3.63, 3.8) is 0 Å². The van der Waals surface area contributed by atoms with Gasteiger partial charge >= 0.3 is 0 Å². The number of para-hydroxylation sites is 2. The summed E-state index contributed by atoms with van der Waals surface area (Å²) in [6, 6.07) is 15.6. The zero-order chi connectivity index (χ0) is 22.6. The van der Waals surface area contributed by atoms with Crippen LogP contribution in [0, 0.1) is 5.92 Å². The third-order valence-corrected chi connectivity index (χ3v) is 7.98. The first-order chi connectivity index (χ1) is 16.1. The second-order valence-corrected chi connectivity index (χ2v) is 9.50. The highest BCUT2D eigenvalue weighted by molar-refractivity contribution is 6.07. The molecule has 6 heterocycles. The Morgan fingerprint density at radius 3 is 2.94 bits per heavy atom. The van der Waals surface area contributed by atoms with Crippen LogP contribution in [0.4, 0.5) is 5.69 Å². The summed E-state index contributed by atoms with van der Waals surface area (Å²) < 4.78 is 12.3. The van der Waals surface area contributed by atoms with Gasteiger partial charge in [-0.1, -0.05) is 19.1 Å². The molecule has 5 aliphatic rings. The zero-order valence-corrected chi connectivity index (χ0v) is 19.1. The van der Waals surface area contributed by atoms with Crippen LogP contribution in [0.25, 0.3) is 10.9 Å². The molecule has 2 aromatic carbocycles. The Bertz CT molecular complexity index is 1230. The van der Waals surface area contributed by atoms with Crippen LogP contribution >= 0.6 is 0 Å². The van der Waals surface area contributed by atoms with Crippen molar-refractivity contribution in [3.05, 3.63) is 65.9 Å². The molecule has 33 heavy (non-hydrogen) atoms. The number of piperidine rings is 3. The van der Waals surface area contributed by atoms with Crippen molar-refractivity contribution in [1.82, 2.24) is 9.88 Å². The van der Waals surface area contributed by atoms with Crippen LogP contribution in [0.15, 0.2) is 54.7 Å². The van der Waals surface area contributed by atoms with Crippen LogP contribution in [-0.2, 0) is 4.74 Å². The molecule has 1 amide bonds. The molecular weight excluding hydrogens is 414 g/mol. The minimum atomic E-state index is -0.171. The lowest BCUT2D eigenvalue weighted by Crippen LogP contribution is -2.70. The van der Waals surface area contributed by atoms with E-state index >= 15 is 0 Å². The number of methoxy groups -OCH3 is 1. The fourth-order valence-electron chi connectivity index (χ4n) is 6.23. The molecule has 0 radical (unpaired) electrons. The molecule has 0 saturated carbocycles. The van der Waals surface area contributed by atoms with E-state index in [0.717, 1.165) is 36.0 Å². The van der Waals surface area contributed by atoms with Crippen molar-refractivity contribution in [2.45, 2.75) is 43.9 Å². The molecule has 0 aliphatic carbocycles. The van der Waals surface area contributed by atoms with E-state index in [-0.39, 0.29) is 17.6 Å². The van der Waals surface area contributed by atoms with Gasteiger partial charge in [-0.25, -0.2) is 0 Å². The molecule has 8 rings (SSSR count).